The van der Waals surface area contributed by atoms with Crippen molar-refractivity contribution < 1.29 is 15.3 Å². The molecule has 6 heteroatoms. The summed E-state index contributed by atoms with van der Waals surface area (Å²) >= 11 is 0. The summed E-state index contributed by atoms with van der Waals surface area (Å²) in [5.41, 5.74) is 2.12. The number of benzene rings is 2. The van der Waals surface area contributed by atoms with Gasteiger partial charge in [0.05, 0.1) is 18.3 Å². The fraction of sp³-hybridized carbons (Fsp3) is 0.211. The van der Waals surface area contributed by atoms with Gasteiger partial charge in [-0.3, -0.25) is 0 Å². The van der Waals surface area contributed by atoms with Gasteiger partial charge in [0.2, 0.25) is 0 Å². The molecule has 3 aromatic rings. The molecule has 1 aliphatic heterocycles. The smallest absolute Gasteiger partial charge is 0.158 e. The average molecular weight is 337 g/mol. The lowest BCUT2D eigenvalue weighted by Gasteiger charge is -2.40. The topological polar surface area (TPSA) is 92.6 Å². The maximum absolute atomic E-state index is 10.5. The molecule has 2 aromatic carbocycles. The van der Waals surface area contributed by atoms with Crippen molar-refractivity contribution >= 4 is 11.5 Å². The number of aromatic nitrogens is 2. The van der Waals surface area contributed by atoms with E-state index < -0.39 is 18.2 Å². The Morgan fingerprint density at radius 1 is 0.960 bits per heavy atom. The third kappa shape index (κ3) is 2.60. The van der Waals surface area contributed by atoms with Gasteiger partial charge < -0.3 is 25.2 Å². The van der Waals surface area contributed by atoms with E-state index in [1.807, 2.05) is 60.7 Å². The zero-order chi connectivity index (χ0) is 17.4. The molecule has 0 bridgehead atoms. The number of hydrogen-bond donors (Lipinski definition) is 4. The lowest BCUT2D eigenvalue weighted by atomic mass is 9.96. The van der Waals surface area contributed by atoms with Crippen LogP contribution in [0.5, 0.6) is 0 Å². The van der Waals surface area contributed by atoms with E-state index in [1.54, 1.807) is 4.90 Å². The number of aliphatic hydroxyl groups is 3. The van der Waals surface area contributed by atoms with Gasteiger partial charge in [-0.15, -0.1) is 0 Å². The summed E-state index contributed by atoms with van der Waals surface area (Å²) in [6, 6.07) is 18.3. The Balaban J connectivity index is 1.88. The van der Waals surface area contributed by atoms with Gasteiger partial charge in [-0.2, -0.15) is 0 Å². The van der Waals surface area contributed by atoms with Crippen LogP contribution in [0.2, 0.25) is 0 Å². The monoisotopic (exact) mass is 337 g/mol. The van der Waals surface area contributed by atoms with Crippen LogP contribution in [0.25, 0.3) is 11.4 Å². The number of H-pyrrole nitrogens is 1. The van der Waals surface area contributed by atoms with Crippen molar-refractivity contribution in [1.82, 2.24) is 9.97 Å². The molecular weight excluding hydrogens is 318 g/mol. The van der Waals surface area contributed by atoms with Crippen LogP contribution in [0.3, 0.4) is 0 Å². The number of nitrogens with one attached hydrogen (secondary N) is 1. The number of imidazole rings is 1. The highest BCUT2D eigenvalue weighted by atomic mass is 16.3. The molecule has 3 atom stereocenters. The van der Waals surface area contributed by atoms with E-state index in [-0.39, 0.29) is 6.61 Å². The van der Waals surface area contributed by atoms with Gasteiger partial charge >= 0.3 is 0 Å². The second kappa shape index (κ2) is 6.33. The minimum Gasteiger partial charge on any atom is -0.394 e. The largest absolute Gasteiger partial charge is 0.394 e. The third-order valence-electron chi connectivity index (χ3n) is 4.55. The van der Waals surface area contributed by atoms with E-state index in [9.17, 15) is 15.3 Å². The lowest BCUT2D eigenvalue weighted by molar-refractivity contribution is -0.0162. The zero-order valence-corrected chi connectivity index (χ0v) is 13.4. The van der Waals surface area contributed by atoms with Gasteiger partial charge in [-0.25, -0.2) is 4.98 Å². The van der Waals surface area contributed by atoms with Crippen LogP contribution in [0, 0.1) is 0 Å². The highest BCUT2D eigenvalue weighted by Crippen LogP contribution is 2.41. The second-order valence-electron chi connectivity index (χ2n) is 6.08. The first-order chi connectivity index (χ1) is 12.2. The maximum Gasteiger partial charge on any atom is 0.158 e. The zero-order valence-electron chi connectivity index (χ0n) is 13.4. The molecule has 128 valence electrons. The number of para-hydroxylation sites is 1. The first kappa shape index (κ1) is 15.8. The predicted octanol–water partition coefficient (Wildman–Crippen LogP) is 1.98. The number of aromatic amines is 1. The molecule has 0 saturated heterocycles. The van der Waals surface area contributed by atoms with Gasteiger partial charge in [0.15, 0.2) is 5.82 Å². The second-order valence-corrected chi connectivity index (χ2v) is 6.08. The van der Waals surface area contributed by atoms with E-state index in [0.29, 0.717) is 17.3 Å². The van der Waals surface area contributed by atoms with Crippen molar-refractivity contribution in [2.75, 3.05) is 11.5 Å². The van der Waals surface area contributed by atoms with Crippen LogP contribution in [0.15, 0.2) is 60.7 Å². The van der Waals surface area contributed by atoms with E-state index in [0.717, 1.165) is 11.3 Å². The van der Waals surface area contributed by atoms with E-state index in [4.69, 9.17) is 0 Å². The van der Waals surface area contributed by atoms with E-state index in [1.165, 1.54) is 0 Å². The highest BCUT2D eigenvalue weighted by molar-refractivity contribution is 5.69. The Bertz CT molecular complexity index is 851. The molecule has 1 aliphatic rings. The molecule has 0 radical (unpaired) electrons. The fourth-order valence-electron chi connectivity index (χ4n) is 3.28. The number of rotatable bonds is 3. The molecule has 6 nitrogen and oxygen atoms in total. The normalized spacial score (nSPS) is 22.7. The quantitative estimate of drug-likeness (QED) is 0.586. The summed E-state index contributed by atoms with van der Waals surface area (Å²) in [7, 11) is 0. The lowest BCUT2D eigenvalue weighted by Crippen LogP contribution is -2.50. The predicted molar refractivity (Wildman–Crippen MR) is 94.4 cm³/mol. The van der Waals surface area contributed by atoms with Crippen molar-refractivity contribution in [1.29, 1.82) is 0 Å². The molecular formula is C19H19N3O3. The van der Waals surface area contributed by atoms with E-state index >= 15 is 0 Å². The molecule has 0 spiro atoms. The van der Waals surface area contributed by atoms with E-state index in [2.05, 4.69) is 9.97 Å². The molecule has 4 N–H and O–H groups in total. The Morgan fingerprint density at radius 3 is 2.24 bits per heavy atom. The minimum absolute atomic E-state index is 0.305. The maximum atomic E-state index is 10.5. The summed E-state index contributed by atoms with van der Waals surface area (Å²) < 4.78 is 0. The van der Waals surface area contributed by atoms with Gasteiger partial charge in [-0.05, 0) is 12.1 Å². The molecule has 0 amide bonds. The van der Waals surface area contributed by atoms with Gasteiger partial charge in [0.25, 0.3) is 0 Å². The minimum atomic E-state index is -1.14. The van der Waals surface area contributed by atoms with Gasteiger partial charge in [0, 0.05) is 11.3 Å². The van der Waals surface area contributed by atoms with Crippen molar-refractivity contribution in [2.24, 2.45) is 0 Å². The van der Waals surface area contributed by atoms with Crippen molar-refractivity contribution in [2.45, 2.75) is 18.2 Å². The average Bonchev–Trinajstić information content (AvgIpc) is 3.11. The molecule has 1 aromatic heterocycles. The Labute approximate surface area is 145 Å². The van der Waals surface area contributed by atoms with Crippen molar-refractivity contribution in [3.8, 4) is 11.4 Å². The Morgan fingerprint density at radius 2 is 1.60 bits per heavy atom. The van der Waals surface area contributed by atoms with Crippen molar-refractivity contribution in [3.05, 3.63) is 66.4 Å². The van der Waals surface area contributed by atoms with Crippen LogP contribution in [0.1, 0.15) is 11.8 Å². The molecule has 25 heavy (non-hydrogen) atoms. The van der Waals surface area contributed by atoms with Crippen molar-refractivity contribution in [3.63, 3.8) is 0 Å². The third-order valence-corrected chi connectivity index (χ3v) is 4.55. The SMILES string of the molecule is OC[C@H]1[C@H](O)[C@H](O)c2[nH]c(-c3ccccc3)nc2N1c1ccccc1. The van der Waals surface area contributed by atoms with Gasteiger partial charge in [-0.1, -0.05) is 48.5 Å². The van der Waals surface area contributed by atoms with Crippen LogP contribution in [-0.2, 0) is 0 Å². The number of fused-ring (bicyclic) bond motifs is 1. The molecule has 0 unspecified atom stereocenters. The Hall–Kier alpha value is -2.67. The number of anilines is 2. The van der Waals surface area contributed by atoms with Crippen LogP contribution < -0.4 is 4.90 Å². The standard InChI is InChI=1S/C19H19N3O3/c23-11-14-16(24)17(25)15-19(22(14)13-9-5-2-6-10-13)21-18(20-15)12-7-3-1-4-8-12/h1-10,14,16-17,23-25H,11H2,(H,20,21)/t14-,16-,17+/m0/s1. The summed E-state index contributed by atoms with van der Waals surface area (Å²) in [4.78, 5) is 9.55. The first-order valence-electron chi connectivity index (χ1n) is 8.17. The molecule has 2 heterocycles. The first-order valence-corrected chi connectivity index (χ1v) is 8.17. The summed E-state index contributed by atoms with van der Waals surface area (Å²) in [5.74, 6) is 1.12. The number of hydrogen-bond acceptors (Lipinski definition) is 5. The highest BCUT2D eigenvalue weighted by Gasteiger charge is 2.42. The molecule has 0 aliphatic carbocycles. The Kier molecular flexibility index (Phi) is 4.01. The summed E-state index contributed by atoms with van der Waals surface area (Å²) in [6.45, 7) is -0.305. The summed E-state index contributed by atoms with van der Waals surface area (Å²) in [6.07, 6.45) is -2.28. The number of nitrogens with zero attached hydrogens (tertiary/aromatic N) is 2. The fourth-order valence-corrected chi connectivity index (χ4v) is 3.28. The molecule has 0 fully saturated rings. The van der Waals surface area contributed by atoms with Crippen LogP contribution in [0.4, 0.5) is 11.5 Å². The van der Waals surface area contributed by atoms with Crippen LogP contribution >= 0.6 is 0 Å². The molecule has 4 rings (SSSR count). The van der Waals surface area contributed by atoms with Crippen LogP contribution in [-0.4, -0.2) is 44.0 Å². The molecule has 0 saturated carbocycles. The summed E-state index contributed by atoms with van der Waals surface area (Å²) in [5, 5.41) is 30.8. The number of aliphatic hydroxyl groups excluding tert-OH is 3. The van der Waals surface area contributed by atoms with Gasteiger partial charge in [0.1, 0.15) is 18.0 Å².